The second-order valence-corrected chi connectivity index (χ2v) is 3.33. The summed E-state index contributed by atoms with van der Waals surface area (Å²) in [6, 6.07) is -1.73. The molecule has 1 N–H and O–H groups in total. The van der Waals surface area contributed by atoms with Gasteiger partial charge in [0.25, 0.3) is 0 Å². The maximum atomic E-state index is 9.87. The molecule has 0 radical (unpaired) electrons. The van der Waals surface area contributed by atoms with Gasteiger partial charge in [0, 0.05) is 16.9 Å². The quantitative estimate of drug-likeness (QED) is 0.439. The minimum Gasteiger partial charge on any atom is -0.392 e. The minimum atomic E-state index is -1.12. The Hall–Kier alpha value is -1.50. The predicted octanol–water partition coefficient (Wildman–Crippen LogP) is 1.10. The molecule has 1 aliphatic rings. The second-order valence-electron chi connectivity index (χ2n) is 3.33. The first-order valence-corrected chi connectivity index (χ1v) is 4.60. The lowest BCUT2D eigenvalue weighted by Gasteiger charge is -2.39. The molecule has 0 spiro atoms. The molecule has 0 amide bonds. The van der Waals surface area contributed by atoms with E-state index < -0.39 is 30.6 Å². The molecule has 88 valence electrons. The lowest BCUT2D eigenvalue weighted by molar-refractivity contribution is -0.215. The van der Waals surface area contributed by atoms with Crippen molar-refractivity contribution >= 4 is 0 Å². The van der Waals surface area contributed by atoms with Crippen molar-refractivity contribution in [2.75, 3.05) is 7.11 Å². The van der Waals surface area contributed by atoms with E-state index in [0.29, 0.717) is 0 Å². The molecule has 16 heavy (non-hydrogen) atoms. The lowest BCUT2D eigenvalue weighted by atomic mass is 9.96. The molecule has 9 nitrogen and oxygen atoms in total. The molecule has 1 fully saturated rings. The summed E-state index contributed by atoms with van der Waals surface area (Å²) in [5.41, 5.74) is 16.7. The van der Waals surface area contributed by atoms with E-state index in [2.05, 4.69) is 20.1 Å². The molecule has 1 saturated heterocycles. The summed E-state index contributed by atoms with van der Waals surface area (Å²) in [6.45, 7) is 1.64. The Morgan fingerprint density at radius 1 is 1.25 bits per heavy atom. The Kier molecular flexibility index (Phi) is 4.36. The third-order valence-electron chi connectivity index (χ3n) is 2.41. The summed E-state index contributed by atoms with van der Waals surface area (Å²) >= 11 is 0. The fourth-order valence-electron chi connectivity index (χ4n) is 1.61. The summed E-state index contributed by atoms with van der Waals surface area (Å²) < 4.78 is 10.3. The van der Waals surface area contributed by atoms with Crippen molar-refractivity contribution in [3.63, 3.8) is 0 Å². The van der Waals surface area contributed by atoms with Gasteiger partial charge in [-0.15, -0.1) is 0 Å². The van der Waals surface area contributed by atoms with E-state index in [1.54, 1.807) is 6.92 Å². The Balaban J connectivity index is 2.96. The molecular weight excluding hydrogens is 216 g/mol. The van der Waals surface area contributed by atoms with Gasteiger partial charge in [-0.2, -0.15) is 0 Å². The Bertz CT molecular complexity index is 337. The van der Waals surface area contributed by atoms with E-state index in [4.69, 9.17) is 20.5 Å². The van der Waals surface area contributed by atoms with Crippen LogP contribution in [0.5, 0.6) is 0 Å². The van der Waals surface area contributed by atoms with E-state index in [1.807, 2.05) is 0 Å². The molecule has 0 aromatic carbocycles. The van der Waals surface area contributed by atoms with Crippen LogP contribution in [0, 0.1) is 0 Å². The zero-order valence-corrected chi connectivity index (χ0v) is 8.83. The Labute approximate surface area is 91.2 Å². The summed E-state index contributed by atoms with van der Waals surface area (Å²) in [4.78, 5) is 5.21. The van der Waals surface area contributed by atoms with Crippen molar-refractivity contribution < 1.29 is 14.6 Å². The first kappa shape index (κ1) is 12.6. The molecule has 5 atom stereocenters. The Morgan fingerprint density at radius 3 is 2.31 bits per heavy atom. The van der Waals surface area contributed by atoms with Gasteiger partial charge in [-0.3, -0.25) is 0 Å². The number of hydrogen-bond donors (Lipinski definition) is 1. The van der Waals surface area contributed by atoms with E-state index in [-0.39, 0.29) is 0 Å². The first-order valence-electron chi connectivity index (χ1n) is 4.60. The van der Waals surface area contributed by atoms with Gasteiger partial charge in [-0.25, -0.2) is 0 Å². The van der Waals surface area contributed by atoms with Crippen molar-refractivity contribution in [1.82, 2.24) is 0 Å². The van der Waals surface area contributed by atoms with E-state index >= 15 is 0 Å². The summed E-state index contributed by atoms with van der Waals surface area (Å²) in [5, 5.41) is 16.7. The molecule has 9 heteroatoms. The number of aliphatic hydroxyl groups excluding tert-OH is 1. The van der Waals surface area contributed by atoms with Crippen molar-refractivity contribution in [3.05, 3.63) is 20.9 Å². The van der Waals surface area contributed by atoms with Crippen LogP contribution < -0.4 is 0 Å². The smallest absolute Gasteiger partial charge is 0.168 e. The molecule has 1 heterocycles. The van der Waals surface area contributed by atoms with Crippen LogP contribution in [0.15, 0.2) is 10.2 Å². The van der Waals surface area contributed by atoms with Crippen molar-refractivity contribution in [2.45, 2.75) is 37.5 Å². The molecule has 0 bridgehead atoms. The standard InChI is InChI=1S/C7H12N6O3/c1-3-4(10-12-8)6(14)5(11-13-9)7(15-2)16-3/h3-7,14H,1-2H3/t3-,4+,5-,6-,7-/m0/s1. The average Bonchev–Trinajstić information content (AvgIpc) is 2.28. The molecule has 1 rings (SSSR count). The highest BCUT2D eigenvalue weighted by Crippen LogP contribution is 2.26. The van der Waals surface area contributed by atoms with Gasteiger partial charge in [0.1, 0.15) is 6.04 Å². The van der Waals surface area contributed by atoms with Gasteiger partial charge in [-0.05, 0) is 18.0 Å². The van der Waals surface area contributed by atoms with Gasteiger partial charge in [0.15, 0.2) is 6.29 Å². The predicted molar refractivity (Wildman–Crippen MR) is 53.2 cm³/mol. The highest BCUT2D eigenvalue weighted by molar-refractivity contribution is 4.96. The molecule has 0 unspecified atom stereocenters. The minimum absolute atomic E-state index is 0.513. The van der Waals surface area contributed by atoms with Crippen molar-refractivity contribution in [3.8, 4) is 0 Å². The van der Waals surface area contributed by atoms with Crippen LogP contribution in [0.4, 0.5) is 0 Å². The van der Waals surface area contributed by atoms with Crippen LogP contribution in [-0.2, 0) is 9.47 Å². The third kappa shape index (κ3) is 2.35. The van der Waals surface area contributed by atoms with Crippen LogP contribution in [0.25, 0.3) is 20.9 Å². The van der Waals surface area contributed by atoms with Crippen LogP contribution >= 0.6 is 0 Å². The van der Waals surface area contributed by atoms with Gasteiger partial charge in [-0.1, -0.05) is 10.2 Å². The molecule has 0 saturated carbocycles. The average molecular weight is 228 g/mol. The van der Waals surface area contributed by atoms with Crippen LogP contribution in [0.2, 0.25) is 0 Å². The number of rotatable bonds is 3. The van der Waals surface area contributed by atoms with Crippen LogP contribution in [-0.4, -0.2) is 42.8 Å². The highest BCUT2D eigenvalue weighted by Gasteiger charge is 2.42. The molecular formula is C7H12N6O3. The lowest BCUT2D eigenvalue weighted by Crippen LogP contribution is -2.55. The van der Waals surface area contributed by atoms with Crippen LogP contribution in [0.3, 0.4) is 0 Å². The third-order valence-corrected chi connectivity index (χ3v) is 2.41. The first-order chi connectivity index (χ1) is 7.65. The SMILES string of the molecule is CO[C@H]1O[C@@H](C)[C@@H](N=[N+]=[N-])[C@H](O)[C@@H]1N=[N+]=[N-]. The Morgan fingerprint density at radius 2 is 1.81 bits per heavy atom. The molecule has 0 aromatic rings. The monoisotopic (exact) mass is 228 g/mol. The summed E-state index contributed by atoms with van der Waals surface area (Å²) in [7, 11) is 1.37. The van der Waals surface area contributed by atoms with Gasteiger partial charge >= 0.3 is 0 Å². The van der Waals surface area contributed by atoms with Crippen molar-refractivity contribution in [1.29, 1.82) is 0 Å². The number of methoxy groups -OCH3 is 1. The fraction of sp³-hybridized carbons (Fsp3) is 1.00. The number of hydrogen-bond acceptors (Lipinski definition) is 5. The summed E-state index contributed by atoms with van der Waals surface area (Å²) in [5.74, 6) is 0. The fourth-order valence-corrected chi connectivity index (χ4v) is 1.61. The zero-order chi connectivity index (χ0) is 12.1. The maximum Gasteiger partial charge on any atom is 0.168 e. The number of aliphatic hydroxyl groups is 1. The van der Waals surface area contributed by atoms with Gasteiger partial charge in [0.2, 0.25) is 0 Å². The number of azide groups is 2. The topological polar surface area (TPSA) is 136 Å². The molecule has 0 aromatic heterocycles. The maximum absolute atomic E-state index is 9.87. The number of ether oxygens (including phenoxy) is 2. The van der Waals surface area contributed by atoms with Gasteiger partial charge < -0.3 is 14.6 Å². The largest absolute Gasteiger partial charge is 0.392 e. The van der Waals surface area contributed by atoms with E-state index in [9.17, 15) is 5.11 Å². The normalized spacial score (nSPS) is 38.3. The molecule has 0 aliphatic carbocycles. The second kappa shape index (κ2) is 5.55. The molecule has 1 aliphatic heterocycles. The summed E-state index contributed by atoms with van der Waals surface area (Å²) in [6.07, 6.45) is -2.48. The highest BCUT2D eigenvalue weighted by atomic mass is 16.7. The zero-order valence-electron chi connectivity index (χ0n) is 8.83. The number of nitrogens with zero attached hydrogens (tertiary/aromatic N) is 6. The van der Waals surface area contributed by atoms with Gasteiger partial charge in [0.05, 0.1) is 18.2 Å². The van der Waals surface area contributed by atoms with Crippen LogP contribution in [0.1, 0.15) is 6.92 Å². The van der Waals surface area contributed by atoms with E-state index in [1.165, 1.54) is 7.11 Å². The van der Waals surface area contributed by atoms with E-state index in [0.717, 1.165) is 0 Å². The van der Waals surface area contributed by atoms with Crippen molar-refractivity contribution in [2.24, 2.45) is 10.2 Å².